The molecule has 10 N–H and O–H groups in total. The number of phenolic OH excluding ortho intramolecular Hbond substituents is 1. The van der Waals surface area contributed by atoms with Crippen LogP contribution < -0.4 is 27.4 Å². The van der Waals surface area contributed by atoms with Crippen molar-refractivity contribution >= 4 is 41.4 Å². The summed E-state index contributed by atoms with van der Waals surface area (Å²) in [5, 5.41) is 35.2. The maximum absolute atomic E-state index is 12.8. The maximum atomic E-state index is 12.8. The average Bonchev–Trinajstić information content (AvgIpc) is 2.83. The van der Waals surface area contributed by atoms with E-state index in [1.54, 1.807) is 18.4 Å². The SMILES string of the molecule is CSCCC(NC(=O)C(CO)NC(=O)C(CCC(N)=O)NC(=O)C(N)Cc1ccc(O)cc1)C(=O)O. The highest BCUT2D eigenvalue weighted by Crippen LogP contribution is 2.11. The van der Waals surface area contributed by atoms with Crippen LogP contribution in [0.3, 0.4) is 0 Å². The van der Waals surface area contributed by atoms with E-state index in [0.717, 1.165) is 0 Å². The molecule has 13 nitrogen and oxygen atoms in total. The number of aliphatic carboxylic acids is 1. The molecular formula is C22H33N5O8S. The minimum absolute atomic E-state index is 0.0429. The summed E-state index contributed by atoms with van der Waals surface area (Å²) in [6.07, 6.45) is 1.52. The van der Waals surface area contributed by atoms with Crippen LogP contribution in [0.4, 0.5) is 0 Å². The summed E-state index contributed by atoms with van der Waals surface area (Å²) < 4.78 is 0. The Morgan fingerprint density at radius 2 is 1.47 bits per heavy atom. The molecule has 0 saturated carbocycles. The number of aliphatic hydroxyl groups is 1. The molecule has 0 aliphatic heterocycles. The molecule has 4 atom stereocenters. The van der Waals surface area contributed by atoms with Gasteiger partial charge in [-0.2, -0.15) is 11.8 Å². The Morgan fingerprint density at radius 3 is 2.00 bits per heavy atom. The largest absolute Gasteiger partial charge is 0.508 e. The Morgan fingerprint density at radius 1 is 0.917 bits per heavy atom. The number of nitrogens with one attached hydrogen (secondary N) is 3. The van der Waals surface area contributed by atoms with Crippen molar-refractivity contribution in [3.63, 3.8) is 0 Å². The minimum Gasteiger partial charge on any atom is -0.508 e. The van der Waals surface area contributed by atoms with E-state index in [4.69, 9.17) is 11.5 Å². The molecule has 0 radical (unpaired) electrons. The number of phenols is 1. The van der Waals surface area contributed by atoms with E-state index in [-0.39, 0.29) is 31.4 Å². The fourth-order valence-corrected chi connectivity index (χ4v) is 3.52. The van der Waals surface area contributed by atoms with E-state index in [1.807, 2.05) is 0 Å². The van der Waals surface area contributed by atoms with Crippen LogP contribution >= 0.6 is 11.8 Å². The number of carbonyl (C=O) groups excluding carboxylic acids is 4. The highest BCUT2D eigenvalue weighted by molar-refractivity contribution is 7.98. The molecule has 4 unspecified atom stereocenters. The maximum Gasteiger partial charge on any atom is 0.326 e. The molecule has 200 valence electrons. The standard InChI is InChI=1S/C22H33N5O8S/c1-36-9-8-16(22(34)35)26-21(33)17(11-28)27-20(32)15(6-7-18(24)30)25-19(31)14(23)10-12-2-4-13(29)5-3-12/h2-5,14-17,28-29H,6-11,23H2,1H3,(H2,24,30)(H,25,31)(H,26,33)(H,27,32)(H,34,35). The Labute approximate surface area is 212 Å². The number of hydrogen-bond acceptors (Lipinski definition) is 9. The van der Waals surface area contributed by atoms with E-state index in [2.05, 4.69) is 16.0 Å². The molecule has 14 heteroatoms. The molecule has 4 amide bonds. The Kier molecular flexibility index (Phi) is 13.3. The number of carboxylic acids is 1. The molecule has 0 heterocycles. The van der Waals surface area contributed by atoms with E-state index >= 15 is 0 Å². The third-order valence-electron chi connectivity index (χ3n) is 5.08. The van der Waals surface area contributed by atoms with Crippen molar-refractivity contribution in [3.05, 3.63) is 29.8 Å². The van der Waals surface area contributed by atoms with E-state index < -0.39 is 60.4 Å². The van der Waals surface area contributed by atoms with Gasteiger partial charge in [-0.05, 0) is 49.0 Å². The number of aliphatic hydroxyl groups excluding tert-OH is 1. The third-order valence-corrected chi connectivity index (χ3v) is 5.73. The lowest BCUT2D eigenvalue weighted by molar-refractivity contribution is -0.142. The van der Waals surface area contributed by atoms with Crippen molar-refractivity contribution in [1.82, 2.24) is 16.0 Å². The molecule has 0 aliphatic carbocycles. The molecule has 0 saturated heterocycles. The van der Waals surface area contributed by atoms with Gasteiger partial charge in [0.2, 0.25) is 23.6 Å². The van der Waals surface area contributed by atoms with Crippen LogP contribution in [0, 0.1) is 0 Å². The predicted octanol–water partition coefficient (Wildman–Crippen LogP) is -2.19. The first-order valence-corrected chi connectivity index (χ1v) is 12.4. The van der Waals surface area contributed by atoms with Crippen molar-refractivity contribution < 1.29 is 39.3 Å². The highest BCUT2D eigenvalue weighted by Gasteiger charge is 2.30. The number of thioether (sulfide) groups is 1. The zero-order chi connectivity index (χ0) is 27.3. The van der Waals surface area contributed by atoms with E-state index in [1.165, 1.54) is 23.9 Å². The number of amides is 4. The van der Waals surface area contributed by atoms with Gasteiger partial charge in [-0.15, -0.1) is 0 Å². The summed E-state index contributed by atoms with van der Waals surface area (Å²) in [5.74, 6) is -4.05. The first-order valence-electron chi connectivity index (χ1n) is 11.0. The molecule has 0 bridgehead atoms. The summed E-state index contributed by atoms with van der Waals surface area (Å²) >= 11 is 1.39. The summed E-state index contributed by atoms with van der Waals surface area (Å²) in [6.45, 7) is -0.844. The fourth-order valence-electron chi connectivity index (χ4n) is 3.04. The first-order chi connectivity index (χ1) is 17.0. The average molecular weight is 528 g/mol. The van der Waals surface area contributed by atoms with Crippen LogP contribution in [0.15, 0.2) is 24.3 Å². The second-order valence-electron chi connectivity index (χ2n) is 7.97. The first kappa shape index (κ1) is 30.7. The third kappa shape index (κ3) is 10.9. The molecule has 0 aromatic heterocycles. The molecule has 0 spiro atoms. The molecule has 36 heavy (non-hydrogen) atoms. The van der Waals surface area contributed by atoms with Gasteiger partial charge in [0.05, 0.1) is 12.6 Å². The summed E-state index contributed by atoms with van der Waals surface area (Å²) in [5.41, 5.74) is 11.7. The number of carbonyl (C=O) groups is 5. The van der Waals surface area contributed by atoms with Crippen molar-refractivity contribution in [2.45, 2.75) is 49.9 Å². The fraction of sp³-hybridized carbons (Fsp3) is 0.500. The van der Waals surface area contributed by atoms with Crippen LogP contribution in [0.2, 0.25) is 0 Å². The Balaban J connectivity index is 2.87. The van der Waals surface area contributed by atoms with Crippen molar-refractivity contribution in [3.8, 4) is 5.75 Å². The topological polar surface area (TPSA) is 234 Å². The number of hydrogen-bond donors (Lipinski definition) is 8. The van der Waals surface area contributed by atoms with Crippen molar-refractivity contribution in [2.24, 2.45) is 11.5 Å². The van der Waals surface area contributed by atoms with Crippen LogP contribution in [0.1, 0.15) is 24.8 Å². The lowest BCUT2D eigenvalue weighted by atomic mass is 10.0. The number of aromatic hydroxyl groups is 1. The van der Waals surface area contributed by atoms with Crippen LogP contribution in [-0.4, -0.2) is 87.7 Å². The van der Waals surface area contributed by atoms with Gasteiger partial charge in [0.15, 0.2) is 0 Å². The lowest BCUT2D eigenvalue weighted by Gasteiger charge is -2.24. The van der Waals surface area contributed by atoms with Gasteiger partial charge in [-0.1, -0.05) is 12.1 Å². The van der Waals surface area contributed by atoms with Crippen LogP contribution in [0.25, 0.3) is 0 Å². The monoisotopic (exact) mass is 527 g/mol. The molecular weight excluding hydrogens is 494 g/mol. The van der Waals surface area contributed by atoms with Gasteiger partial charge in [-0.25, -0.2) is 4.79 Å². The number of carboxylic acid groups (broad SMARTS) is 1. The predicted molar refractivity (Wildman–Crippen MR) is 132 cm³/mol. The second-order valence-corrected chi connectivity index (χ2v) is 8.95. The number of benzene rings is 1. The molecule has 1 rings (SSSR count). The van der Waals surface area contributed by atoms with Gasteiger partial charge < -0.3 is 42.7 Å². The van der Waals surface area contributed by atoms with Gasteiger partial charge in [-0.3, -0.25) is 19.2 Å². The van der Waals surface area contributed by atoms with Gasteiger partial charge in [0, 0.05) is 6.42 Å². The van der Waals surface area contributed by atoms with Crippen molar-refractivity contribution in [1.29, 1.82) is 0 Å². The van der Waals surface area contributed by atoms with E-state index in [9.17, 15) is 39.3 Å². The zero-order valence-electron chi connectivity index (χ0n) is 19.8. The number of nitrogens with two attached hydrogens (primary N) is 2. The highest BCUT2D eigenvalue weighted by atomic mass is 32.2. The van der Waals surface area contributed by atoms with Crippen molar-refractivity contribution in [2.75, 3.05) is 18.6 Å². The Bertz CT molecular complexity index is 914. The smallest absolute Gasteiger partial charge is 0.326 e. The minimum atomic E-state index is -1.51. The number of primary amides is 1. The number of rotatable bonds is 16. The summed E-state index contributed by atoms with van der Waals surface area (Å²) in [4.78, 5) is 60.5. The molecule has 1 aromatic carbocycles. The van der Waals surface area contributed by atoms with Gasteiger partial charge in [0.1, 0.15) is 23.9 Å². The summed E-state index contributed by atoms with van der Waals surface area (Å²) in [6, 6.07) is 0.888. The summed E-state index contributed by atoms with van der Waals surface area (Å²) in [7, 11) is 0. The zero-order valence-corrected chi connectivity index (χ0v) is 20.6. The molecule has 1 aromatic rings. The molecule has 0 aliphatic rings. The second kappa shape index (κ2) is 15.6. The van der Waals surface area contributed by atoms with Crippen LogP contribution in [0.5, 0.6) is 5.75 Å². The lowest BCUT2D eigenvalue weighted by Crippen LogP contribution is -2.58. The molecule has 0 fully saturated rings. The van der Waals surface area contributed by atoms with Gasteiger partial charge in [0.25, 0.3) is 0 Å². The van der Waals surface area contributed by atoms with Gasteiger partial charge >= 0.3 is 5.97 Å². The Hall–Kier alpha value is -3.36. The normalized spacial score (nSPS) is 14.1. The van der Waals surface area contributed by atoms with E-state index in [0.29, 0.717) is 11.3 Å². The van der Waals surface area contributed by atoms with Crippen LogP contribution in [-0.2, 0) is 30.4 Å². The quantitative estimate of drug-likeness (QED) is 0.116.